The van der Waals surface area contributed by atoms with E-state index in [1.54, 1.807) is 4.90 Å². The quantitative estimate of drug-likeness (QED) is 0.704. The molecular formula is C16H32N2O3Si. The standard InChI is InChI=1S/C16H32N2O3Si/c1-5-14(21-22(6-2,7-3)8-4)15-13-10-9-12(11-17-15)18(13)16(19)20/h12-15,17H,5-11H2,1-4H3,(H,19,20)/t12-,13+,14+,15+/m1/s1. The first kappa shape index (κ1) is 17.8. The highest BCUT2D eigenvalue weighted by molar-refractivity contribution is 6.73. The van der Waals surface area contributed by atoms with Gasteiger partial charge in [-0.15, -0.1) is 0 Å². The Balaban J connectivity index is 2.15. The summed E-state index contributed by atoms with van der Waals surface area (Å²) in [6, 6.07) is 3.80. The maximum Gasteiger partial charge on any atom is 0.407 e. The summed E-state index contributed by atoms with van der Waals surface area (Å²) in [4.78, 5) is 13.3. The molecule has 5 nitrogen and oxygen atoms in total. The summed E-state index contributed by atoms with van der Waals surface area (Å²) in [7, 11) is -1.67. The highest BCUT2D eigenvalue weighted by Crippen LogP contribution is 2.34. The van der Waals surface area contributed by atoms with Crippen molar-refractivity contribution >= 4 is 14.4 Å². The molecule has 0 aromatic heterocycles. The van der Waals surface area contributed by atoms with Gasteiger partial charge in [-0.3, -0.25) is 4.90 Å². The number of fused-ring (bicyclic) bond motifs is 2. The monoisotopic (exact) mass is 328 g/mol. The second-order valence-electron chi connectivity index (χ2n) is 6.73. The summed E-state index contributed by atoms with van der Waals surface area (Å²) in [5.41, 5.74) is 0. The number of nitrogens with zero attached hydrogens (tertiary/aromatic N) is 1. The average molecular weight is 329 g/mol. The van der Waals surface area contributed by atoms with Crippen molar-refractivity contribution in [2.75, 3.05) is 6.54 Å². The molecule has 1 amide bonds. The van der Waals surface area contributed by atoms with Crippen molar-refractivity contribution in [2.45, 2.75) is 89.3 Å². The third kappa shape index (κ3) is 3.19. The zero-order chi connectivity index (χ0) is 16.3. The maximum absolute atomic E-state index is 11.6. The predicted octanol–water partition coefficient (Wildman–Crippen LogP) is 3.27. The first-order chi connectivity index (χ1) is 10.5. The molecule has 2 fully saturated rings. The minimum atomic E-state index is -1.67. The van der Waals surface area contributed by atoms with E-state index in [1.807, 2.05) is 0 Å². The zero-order valence-corrected chi connectivity index (χ0v) is 15.5. The van der Waals surface area contributed by atoms with Crippen LogP contribution in [0.3, 0.4) is 0 Å². The molecule has 128 valence electrons. The van der Waals surface area contributed by atoms with Gasteiger partial charge in [-0.1, -0.05) is 27.7 Å². The summed E-state index contributed by atoms with van der Waals surface area (Å²) in [6.07, 6.45) is 2.26. The fourth-order valence-electron chi connectivity index (χ4n) is 4.28. The second-order valence-corrected chi connectivity index (χ2v) is 11.5. The van der Waals surface area contributed by atoms with Gasteiger partial charge in [-0.05, 0) is 37.4 Å². The van der Waals surface area contributed by atoms with Crippen LogP contribution in [0.2, 0.25) is 18.1 Å². The van der Waals surface area contributed by atoms with Crippen LogP contribution in [0.4, 0.5) is 4.79 Å². The van der Waals surface area contributed by atoms with Crippen LogP contribution in [0.15, 0.2) is 0 Å². The molecule has 0 saturated carbocycles. The molecule has 2 bridgehead atoms. The summed E-state index contributed by atoms with van der Waals surface area (Å²) in [5.74, 6) is 0. The summed E-state index contributed by atoms with van der Waals surface area (Å²) in [6.45, 7) is 9.67. The number of rotatable bonds is 7. The molecule has 0 radical (unpaired) electrons. The van der Waals surface area contributed by atoms with Crippen molar-refractivity contribution in [3.63, 3.8) is 0 Å². The van der Waals surface area contributed by atoms with Crippen molar-refractivity contribution in [2.24, 2.45) is 0 Å². The smallest absolute Gasteiger partial charge is 0.407 e. The van der Waals surface area contributed by atoms with Gasteiger partial charge in [-0.2, -0.15) is 0 Å². The van der Waals surface area contributed by atoms with Gasteiger partial charge in [0.2, 0.25) is 0 Å². The van der Waals surface area contributed by atoms with Gasteiger partial charge >= 0.3 is 6.09 Å². The Morgan fingerprint density at radius 2 is 1.91 bits per heavy atom. The minimum absolute atomic E-state index is 0.0819. The zero-order valence-electron chi connectivity index (χ0n) is 14.5. The van der Waals surface area contributed by atoms with Crippen LogP contribution in [-0.4, -0.2) is 55.2 Å². The van der Waals surface area contributed by atoms with E-state index < -0.39 is 14.4 Å². The van der Waals surface area contributed by atoms with Crippen molar-refractivity contribution in [3.05, 3.63) is 0 Å². The fourth-order valence-corrected chi connectivity index (χ4v) is 7.24. The number of hydrogen-bond acceptors (Lipinski definition) is 3. The van der Waals surface area contributed by atoms with Crippen molar-refractivity contribution < 1.29 is 14.3 Å². The number of carbonyl (C=O) groups is 1. The van der Waals surface area contributed by atoms with Gasteiger partial charge in [0.1, 0.15) is 0 Å². The van der Waals surface area contributed by atoms with E-state index >= 15 is 0 Å². The lowest BCUT2D eigenvalue weighted by molar-refractivity contribution is 0.0436. The molecule has 2 rings (SSSR count). The lowest BCUT2D eigenvalue weighted by Crippen LogP contribution is -2.64. The summed E-state index contributed by atoms with van der Waals surface area (Å²) >= 11 is 0. The molecule has 0 aliphatic carbocycles. The van der Waals surface area contributed by atoms with Crippen LogP contribution in [0.25, 0.3) is 0 Å². The molecule has 6 heteroatoms. The third-order valence-corrected chi connectivity index (χ3v) is 10.6. The van der Waals surface area contributed by atoms with Crippen LogP contribution < -0.4 is 5.32 Å². The Hall–Kier alpha value is -0.593. The molecule has 22 heavy (non-hydrogen) atoms. The second kappa shape index (κ2) is 7.32. The number of hydrogen-bond donors (Lipinski definition) is 2. The van der Waals surface area contributed by atoms with E-state index in [1.165, 1.54) is 0 Å². The number of piperazine rings is 1. The van der Waals surface area contributed by atoms with Gasteiger partial charge in [0.15, 0.2) is 8.32 Å². The molecule has 4 atom stereocenters. The van der Waals surface area contributed by atoms with Crippen molar-refractivity contribution in [1.29, 1.82) is 0 Å². The normalized spacial score (nSPS) is 29.6. The Bertz CT molecular complexity index is 381. The Morgan fingerprint density at radius 1 is 1.27 bits per heavy atom. The molecule has 0 spiro atoms. The fraction of sp³-hybridized carbons (Fsp3) is 0.938. The Morgan fingerprint density at radius 3 is 2.41 bits per heavy atom. The van der Waals surface area contributed by atoms with E-state index in [-0.39, 0.29) is 24.2 Å². The van der Waals surface area contributed by atoms with Gasteiger partial charge in [0.25, 0.3) is 0 Å². The van der Waals surface area contributed by atoms with E-state index in [2.05, 4.69) is 33.0 Å². The van der Waals surface area contributed by atoms with E-state index in [9.17, 15) is 9.90 Å². The van der Waals surface area contributed by atoms with Gasteiger partial charge in [-0.25, -0.2) is 4.79 Å². The largest absolute Gasteiger partial charge is 0.465 e. The summed E-state index contributed by atoms with van der Waals surface area (Å²) < 4.78 is 6.71. The SMILES string of the molecule is CC[C@H](O[Si](CC)(CC)CC)[C@H]1NC[C@H]2CC[C@@H]1N2C(=O)O. The molecule has 0 unspecified atom stereocenters. The van der Waals surface area contributed by atoms with Crippen molar-refractivity contribution in [1.82, 2.24) is 10.2 Å². The lowest BCUT2D eigenvalue weighted by Gasteiger charge is -2.45. The van der Waals surface area contributed by atoms with Crippen LogP contribution >= 0.6 is 0 Å². The maximum atomic E-state index is 11.6. The predicted molar refractivity (Wildman–Crippen MR) is 90.8 cm³/mol. The number of nitrogens with one attached hydrogen (secondary N) is 1. The molecule has 2 N–H and O–H groups in total. The highest BCUT2D eigenvalue weighted by Gasteiger charge is 2.48. The molecule has 2 saturated heterocycles. The van der Waals surface area contributed by atoms with Crippen LogP contribution in [0.1, 0.15) is 47.0 Å². The molecule has 2 aliphatic rings. The van der Waals surface area contributed by atoms with Crippen molar-refractivity contribution in [3.8, 4) is 0 Å². The van der Waals surface area contributed by atoms with Crippen LogP contribution in [0, 0.1) is 0 Å². The third-order valence-electron chi connectivity index (χ3n) is 5.91. The Labute approximate surface area is 135 Å². The first-order valence-corrected chi connectivity index (χ1v) is 11.5. The van der Waals surface area contributed by atoms with Gasteiger partial charge < -0.3 is 14.8 Å². The molecular weight excluding hydrogens is 296 g/mol. The van der Waals surface area contributed by atoms with Crippen LogP contribution in [-0.2, 0) is 4.43 Å². The van der Waals surface area contributed by atoms with E-state index in [0.29, 0.717) is 0 Å². The lowest BCUT2D eigenvalue weighted by atomic mass is 9.98. The van der Waals surface area contributed by atoms with E-state index in [4.69, 9.17) is 4.43 Å². The molecule has 0 aromatic carbocycles. The molecule has 2 aliphatic heterocycles. The topological polar surface area (TPSA) is 61.8 Å². The first-order valence-electron chi connectivity index (χ1n) is 8.94. The van der Waals surface area contributed by atoms with Gasteiger partial charge in [0.05, 0.1) is 18.2 Å². The minimum Gasteiger partial charge on any atom is -0.465 e. The molecule has 0 aromatic rings. The van der Waals surface area contributed by atoms with Crippen LogP contribution in [0.5, 0.6) is 0 Å². The molecule has 2 heterocycles. The van der Waals surface area contributed by atoms with E-state index in [0.717, 1.165) is 43.9 Å². The summed E-state index contributed by atoms with van der Waals surface area (Å²) in [5, 5.41) is 13.1. The highest BCUT2D eigenvalue weighted by atomic mass is 28.4. The Kier molecular flexibility index (Phi) is 5.91. The number of amides is 1. The number of carboxylic acid groups (broad SMARTS) is 1. The average Bonchev–Trinajstić information content (AvgIpc) is 2.85. The van der Waals surface area contributed by atoms with Gasteiger partial charge in [0, 0.05) is 12.6 Å².